The lowest BCUT2D eigenvalue weighted by Gasteiger charge is -2.21. The zero-order valence-electron chi connectivity index (χ0n) is 13.8. The number of para-hydroxylation sites is 2. The van der Waals surface area contributed by atoms with Crippen LogP contribution in [-0.2, 0) is 0 Å². The number of hydrogen-bond acceptors (Lipinski definition) is 5. The standard InChI is InChI=1S/C17H24N4O/c1-5-21(6-2)17-12-16(18-13(4)19-17)20-14-10-8-9-11-15(14)22-7-3/h8-12H,5-7H2,1-4H3,(H,18,19,20). The fourth-order valence-corrected chi connectivity index (χ4v) is 2.31. The molecule has 0 atom stereocenters. The fourth-order valence-electron chi connectivity index (χ4n) is 2.31. The zero-order valence-corrected chi connectivity index (χ0v) is 13.8. The van der Waals surface area contributed by atoms with Gasteiger partial charge in [0.15, 0.2) is 0 Å². The number of aryl methyl sites for hydroxylation is 1. The van der Waals surface area contributed by atoms with E-state index in [0.29, 0.717) is 6.61 Å². The number of aromatic nitrogens is 2. The summed E-state index contributed by atoms with van der Waals surface area (Å²) in [5.41, 5.74) is 0.910. The van der Waals surface area contributed by atoms with Gasteiger partial charge < -0.3 is 15.0 Å². The highest BCUT2D eigenvalue weighted by molar-refractivity contribution is 5.65. The molecular weight excluding hydrogens is 276 g/mol. The molecule has 118 valence electrons. The SMILES string of the molecule is CCOc1ccccc1Nc1cc(N(CC)CC)nc(C)n1. The molecule has 2 aromatic rings. The number of benzene rings is 1. The Morgan fingerprint density at radius 1 is 1.09 bits per heavy atom. The minimum absolute atomic E-state index is 0.631. The number of rotatable bonds is 7. The summed E-state index contributed by atoms with van der Waals surface area (Å²) in [6, 6.07) is 9.85. The Morgan fingerprint density at radius 2 is 1.82 bits per heavy atom. The lowest BCUT2D eigenvalue weighted by molar-refractivity contribution is 0.342. The molecule has 5 nitrogen and oxygen atoms in total. The van der Waals surface area contributed by atoms with E-state index in [4.69, 9.17) is 4.74 Å². The van der Waals surface area contributed by atoms with Gasteiger partial charge in [-0.1, -0.05) is 12.1 Å². The minimum atomic E-state index is 0.631. The van der Waals surface area contributed by atoms with Crippen LogP contribution in [0, 0.1) is 6.92 Å². The van der Waals surface area contributed by atoms with Crippen molar-refractivity contribution in [1.82, 2.24) is 9.97 Å². The number of nitrogens with zero attached hydrogens (tertiary/aromatic N) is 3. The van der Waals surface area contributed by atoms with Crippen LogP contribution in [0.3, 0.4) is 0 Å². The molecule has 0 aliphatic heterocycles. The maximum Gasteiger partial charge on any atom is 0.142 e. The van der Waals surface area contributed by atoms with Gasteiger partial charge in [0.05, 0.1) is 12.3 Å². The van der Waals surface area contributed by atoms with Crippen molar-refractivity contribution in [2.45, 2.75) is 27.7 Å². The number of hydrogen-bond donors (Lipinski definition) is 1. The largest absolute Gasteiger partial charge is 0.492 e. The first-order chi connectivity index (χ1) is 10.7. The summed E-state index contributed by atoms with van der Waals surface area (Å²) in [4.78, 5) is 11.2. The van der Waals surface area contributed by atoms with E-state index in [1.807, 2.05) is 44.2 Å². The lowest BCUT2D eigenvalue weighted by atomic mass is 10.3. The molecular formula is C17H24N4O. The van der Waals surface area contributed by atoms with Crippen LogP contribution < -0.4 is 15.0 Å². The molecule has 0 aliphatic rings. The summed E-state index contributed by atoms with van der Waals surface area (Å²) >= 11 is 0. The second-order valence-electron chi connectivity index (χ2n) is 4.89. The molecule has 0 aliphatic carbocycles. The van der Waals surface area contributed by atoms with Crippen LogP contribution in [0.1, 0.15) is 26.6 Å². The summed E-state index contributed by atoms with van der Waals surface area (Å²) in [6.45, 7) is 10.6. The first-order valence-corrected chi connectivity index (χ1v) is 7.77. The topological polar surface area (TPSA) is 50.3 Å². The van der Waals surface area contributed by atoms with Gasteiger partial charge in [-0.3, -0.25) is 0 Å². The van der Waals surface area contributed by atoms with Crippen LogP contribution in [0.5, 0.6) is 5.75 Å². The molecule has 2 rings (SSSR count). The van der Waals surface area contributed by atoms with Crippen LogP contribution in [-0.4, -0.2) is 29.7 Å². The summed E-state index contributed by atoms with van der Waals surface area (Å²) in [7, 11) is 0. The molecule has 0 fully saturated rings. The average molecular weight is 300 g/mol. The third kappa shape index (κ3) is 3.87. The predicted molar refractivity (Wildman–Crippen MR) is 91.2 cm³/mol. The van der Waals surface area contributed by atoms with Gasteiger partial charge in [-0.15, -0.1) is 0 Å². The van der Waals surface area contributed by atoms with Crippen LogP contribution in [0.25, 0.3) is 0 Å². The Morgan fingerprint density at radius 3 is 2.50 bits per heavy atom. The minimum Gasteiger partial charge on any atom is -0.492 e. The molecule has 0 spiro atoms. The Bertz CT molecular complexity index is 611. The monoisotopic (exact) mass is 300 g/mol. The maximum atomic E-state index is 5.64. The van der Waals surface area contributed by atoms with E-state index in [0.717, 1.165) is 42.0 Å². The Kier molecular flexibility index (Phi) is 5.58. The Labute approximate surface area is 132 Å². The Hall–Kier alpha value is -2.30. The highest BCUT2D eigenvalue weighted by Crippen LogP contribution is 2.27. The highest BCUT2D eigenvalue weighted by Gasteiger charge is 2.09. The van der Waals surface area contributed by atoms with Crippen LogP contribution >= 0.6 is 0 Å². The second-order valence-corrected chi connectivity index (χ2v) is 4.89. The van der Waals surface area contributed by atoms with Crippen LogP contribution in [0.2, 0.25) is 0 Å². The van der Waals surface area contributed by atoms with Crippen molar-refractivity contribution in [3.63, 3.8) is 0 Å². The average Bonchev–Trinajstić information content (AvgIpc) is 2.50. The number of anilines is 3. The lowest BCUT2D eigenvalue weighted by Crippen LogP contribution is -2.23. The van der Waals surface area contributed by atoms with Crippen molar-refractivity contribution in [1.29, 1.82) is 0 Å². The van der Waals surface area contributed by atoms with Crippen molar-refractivity contribution < 1.29 is 4.74 Å². The molecule has 22 heavy (non-hydrogen) atoms. The Balaban J connectivity index is 2.30. The van der Waals surface area contributed by atoms with Crippen molar-refractivity contribution in [2.75, 3.05) is 29.9 Å². The van der Waals surface area contributed by atoms with Crippen LogP contribution in [0.15, 0.2) is 30.3 Å². The van der Waals surface area contributed by atoms with E-state index in [1.54, 1.807) is 0 Å². The molecule has 0 unspecified atom stereocenters. The second kappa shape index (κ2) is 7.64. The first-order valence-electron chi connectivity index (χ1n) is 7.77. The van der Waals surface area contributed by atoms with E-state index < -0.39 is 0 Å². The molecule has 1 aromatic carbocycles. The van der Waals surface area contributed by atoms with E-state index in [-0.39, 0.29) is 0 Å². The molecule has 1 N–H and O–H groups in total. The summed E-state index contributed by atoms with van der Waals surface area (Å²) in [5, 5.41) is 3.34. The third-order valence-electron chi connectivity index (χ3n) is 3.36. The van der Waals surface area contributed by atoms with Gasteiger partial charge in [0.25, 0.3) is 0 Å². The van der Waals surface area contributed by atoms with Gasteiger partial charge in [0, 0.05) is 19.2 Å². The molecule has 0 saturated carbocycles. The summed E-state index contributed by atoms with van der Waals surface area (Å²) in [5.74, 6) is 3.29. The quantitative estimate of drug-likeness (QED) is 0.843. The smallest absolute Gasteiger partial charge is 0.142 e. The zero-order chi connectivity index (χ0) is 15.9. The van der Waals surface area contributed by atoms with Gasteiger partial charge in [0.1, 0.15) is 23.2 Å². The molecule has 0 radical (unpaired) electrons. The highest BCUT2D eigenvalue weighted by atomic mass is 16.5. The number of ether oxygens (including phenoxy) is 1. The number of nitrogens with one attached hydrogen (secondary N) is 1. The van der Waals surface area contributed by atoms with Crippen molar-refractivity contribution in [2.24, 2.45) is 0 Å². The molecule has 1 aromatic heterocycles. The molecule has 0 amide bonds. The van der Waals surface area contributed by atoms with Crippen LogP contribution in [0.4, 0.5) is 17.3 Å². The van der Waals surface area contributed by atoms with Gasteiger partial charge in [0.2, 0.25) is 0 Å². The van der Waals surface area contributed by atoms with Gasteiger partial charge in [-0.05, 0) is 39.8 Å². The molecule has 0 saturated heterocycles. The van der Waals surface area contributed by atoms with Crippen molar-refractivity contribution in [3.8, 4) is 5.75 Å². The summed E-state index contributed by atoms with van der Waals surface area (Å²) in [6.07, 6.45) is 0. The van der Waals surface area contributed by atoms with Gasteiger partial charge >= 0.3 is 0 Å². The van der Waals surface area contributed by atoms with Crippen molar-refractivity contribution >= 4 is 17.3 Å². The molecule has 1 heterocycles. The third-order valence-corrected chi connectivity index (χ3v) is 3.36. The molecule has 0 bridgehead atoms. The first kappa shape index (κ1) is 16.1. The van der Waals surface area contributed by atoms with Gasteiger partial charge in [-0.25, -0.2) is 9.97 Å². The fraction of sp³-hybridized carbons (Fsp3) is 0.412. The van der Waals surface area contributed by atoms with Crippen molar-refractivity contribution in [3.05, 3.63) is 36.2 Å². The van der Waals surface area contributed by atoms with E-state index in [9.17, 15) is 0 Å². The van der Waals surface area contributed by atoms with E-state index >= 15 is 0 Å². The van der Waals surface area contributed by atoms with E-state index in [1.165, 1.54) is 0 Å². The van der Waals surface area contributed by atoms with E-state index in [2.05, 4.69) is 34.0 Å². The maximum absolute atomic E-state index is 5.64. The predicted octanol–water partition coefficient (Wildman–Crippen LogP) is 3.77. The van der Waals surface area contributed by atoms with Gasteiger partial charge in [-0.2, -0.15) is 0 Å². The normalized spacial score (nSPS) is 10.4. The summed E-state index contributed by atoms with van der Waals surface area (Å²) < 4.78 is 5.64. The molecule has 5 heteroatoms.